The topological polar surface area (TPSA) is 75.7 Å². The fraction of sp³-hybridized carbons (Fsp3) is 0.435. The maximum Gasteiger partial charge on any atom is 0.418 e. The van der Waals surface area contributed by atoms with Gasteiger partial charge in [-0.1, -0.05) is 37.1 Å². The molecule has 188 valence electrons. The van der Waals surface area contributed by atoms with Crippen LogP contribution in [0, 0.1) is 0 Å². The molecule has 0 bridgehead atoms. The normalized spacial score (nSPS) is 11.8. The minimum Gasteiger partial charge on any atom is -0.492 e. The van der Waals surface area contributed by atoms with Crippen LogP contribution in [-0.4, -0.2) is 40.3 Å². The summed E-state index contributed by atoms with van der Waals surface area (Å²) in [5.74, 6) is 0.323. The second-order valence-corrected chi connectivity index (χ2v) is 10.0. The molecule has 0 heterocycles. The Morgan fingerprint density at radius 3 is 2.41 bits per heavy atom. The summed E-state index contributed by atoms with van der Waals surface area (Å²) >= 11 is 5.68. The van der Waals surface area contributed by atoms with Crippen molar-refractivity contribution in [2.75, 3.05) is 30.3 Å². The van der Waals surface area contributed by atoms with Gasteiger partial charge >= 0.3 is 6.18 Å². The van der Waals surface area contributed by atoms with Gasteiger partial charge in [-0.25, -0.2) is 8.42 Å². The predicted octanol–water partition coefficient (Wildman–Crippen LogP) is 5.05. The molecule has 1 N–H and O–H groups in total. The summed E-state index contributed by atoms with van der Waals surface area (Å²) in [4.78, 5) is 12.1. The van der Waals surface area contributed by atoms with E-state index in [1.165, 1.54) is 11.6 Å². The first-order valence-corrected chi connectivity index (χ1v) is 13.0. The molecular formula is C23H28ClF3N2O4S. The van der Waals surface area contributed by atoms with E-state index in [2.05, 4.69) is 12.2 Å². The predicted molar refractivity (Wildman–Crippen MR) is 127 cm³/mol. The third-order valence-corrected chi connectivity index (χ3v) is 6.27. The molecular weight excluding hydrogens is 493 g/mol. The van der Waals surface area contributed by atoms with Gasteiger partial charge in [-0.2, -0.15) is 13.2 Å². The van der Waals surface area contributed by atoms with E-state index in [9.17, 15) is 26.4 Å². The lowest BCUT2D eigenvalue weighted by atomic mass is 10.1. The van der Waals surface area contributed by atoms with E-state index < -0.39 is 27.5 Å². The van der Waals surface area contributed by atoms with Crippen LogP contribution in [0.25, 0.3) is 0 Å². The molecule has 2 aromatic carbocycles. The molecule has 0 aliphatic heterocycles. The minimum absolute atomic E-state index is 0.0264. The number of carbonyl (C=O) groups is 1. The first-order chi connectivity index (χ1) is 15.9. The summed E-state index contributed by atoms with van der Waals surface area (Å²) in [5, 5.41) is 2.49. The lowest BCUT2D eigenvalue weighted by Crippen LogP contribution is -2.34. The number of ether oxygens (including phenoxy) is 1. The Bertz CT molecular complexity index is 1060. The SMILES string of the molecule is CCCc1ccc(OCCNC(=O)CCCN(c2ccc(Cl)cc2C(F)(F)F)S(C)(=O)=O)cc1. The highest BCUT2D eigenvalue weighted by atomic mass is 35.5. The molecule has 0 spiro atoms. The van der Waals surface area contributed by atoms with Gasteiger partial charge in [-0.15, -0.1) is 0 Å². The number of halogens is 4. The second-order valence-electron chi connectivity index (χ2n) is 7.69. The number of nitrogens with zero attached hydrogens (tertiary/aromatic N) is 1. The molecule has 0 fully saturated rings. The number of alkyl halides is 3. The molecule has 0 aliphatic rings. The molecule has 1 amide bonds. The molecule has 0 aromatic heterocycles. The Morgan fingerprint density at radius 2 is 1.82 bits per heavy atom. The van der Waals surface area contributed by atoms with Gasteiger partial charge in [0, 0.05) is 18.0 Å². The average molecular weight is 521 g/mol. The third kappa shape index (κ3) is 8.72. The number of sulfonamides is 1. The number of anilines is 1. The van der Waals surface area contributed by atoms with Gasteiger partial charge in [0.15, 0.2) is 0 Å². The van der Waals surface area contributed by atoms with Gasteiger partial charge in [0.05, 0.1) is 24.1 Å². The largest absolute Gasteiger partial charge is 0.492 e. The Morgan fingerprint density at radius 1 is 1.15 bits per heavy atom. The van der Waals surface area contributed by atoms with Crippen molar-refractivity contribution < 1.29 is 31.1 Å². The lowest BCUT2D eigenvalue weighted by Gasteiger charge is -2.25. The standard InChI is InChI=1S/C23H28ClF3N2O4S/c1-3-5-17-7-10-19(11-8-17)33-15-13-28-22(30)6-4-14-29(34(2,31)32)21-12-9-18(24)16-20(21)23(25,26)27/h7-12,16H,3-6,13-15H2,1-2H3,(H,28,30). The first-order valence-electron chi connectivity index (χ1n) is 10.7. The van der Waals surface area contributed by atoms with Crippen LogP contribution in [0.3, 0.4) is 0 Å². The maximum absolute atomic E-state index is 13.4. The summed E-state index contributed by atoms with van der Waals surface area (Å²) in [5.41, 5.74) is -0.472. The summed E-state index contributed by atoms with van der Waals surface area (Å²) in [7, 11) is -4.03. The molecule has 2 rings (SSSR count). The molecule has 34 heavy (non-hydrogen) atoms. The van der Waals surface area contributed by atoms with Crippen LogP contribution >= 0.6 is 11.6 Å². The smallest absolute Gasteiger partial charge is 0.418 e. The van der Waals surface area contributed by atoms with Crippen LogP contribution in [0.15, 0.2) is 42.5 Å². The Balaban J connectivity index is 1.87. The van der Waals surface area contributed by atoms with Crippen LogP contribution in [0.1, 0.15) is 37.3 Å². The fourth-order valence-corrected chi connectivity index (χ4v) is 4.44. The van der Waals surface area contributed by atoms with Crippen molar-refractivity contribution in [1.82, 2.24) is 5.32 Å². The van der Waals surface area contributed by atoms with E-state index >= 15 is 0 Å². The highest BCUT2D eigenvalue weighted by Crippen LogP contribution is 2.39. The molecule has 0 unspecified atom stereocenters. The number of hydrogen-bond donors (Lipinski definition) is 1. The molecule has 0 saturated heterocycles. The number of amides is 1. The van der Waals surface area contributed by atoms with Gasteiger partial charge < -0.3 is 10.1 Å². The number of nitrogens with one attached hydrogen (secondary N) is 1. The quantitative estimate of drug-likeness (QED) is 0.397. The fourth-order valence-electron chi connectivity index (χ4n) is 3.29. The summed E-state index contributed by atoms with van der Waals surface area (Å²) in [6, 6.07) is 10.6. The summed E-state index contributed by atoms with van der Waals surface area (Å²) in [6.45, 7) is 2.29. The van der Waals surface area contributed by atoms with E-state index in [1.807, 2.05) is 24.3 Å². The zero-order valence-corrected chi connectivity index (χ0v) is 20.6. The summed E-state index contributed by atoms with van der Waals surface area (Å²) in [6.07, 6.45) is -1.98. The van der Waals surface area contributed by atoms with Crippen LogP contribution in [0.2, 0.25) is 5.02 Å². The number of hydrogen-bond acceptors (Lipinski definition) is 4. The number of rotatable bonds is 12. The van der Waals surface area contributed by atoms with Gasteiger partial charge in [0.1, 0.15) is 12.4 Å². The molecule has 0 aliphatic carbocycles. The van der Waals surface area contributed by atoms with Gasteiger partial charge in [0.25, 0.3) is 0 Å². The first kappa shape index (κ1) is 27.8. The Hall–Kier alpha value is -2.46. The zero-order valence-electron chi connectivity index (χ0n) is 19.0. The number of aryl methyl sites for hydroxylation is 1. The van der Waals surface area contributed by atoms with Crippen LogP contribution < -0.4 is 14.4 Å². The lowest BCUT2D eigenvalue weighted by molar-refractivity contribution is -0.137. The minimum atomic E-state index is -4.79. The van der Waals surface area contributed by atoms with E-state index in [0.29, 0.717) is 16.1 Å². The average Bonchev–Trinajstić information content (AvgIpc) is 2.74. The van der Waals surface area contributed by atoms with Crippen molar-refractivity contribution >= 4 is 33.2 Å². The van der Waals surface area contributed by atoms with Gasteiger partial charge in [-0.05, 0) is 48.7 Å². The molecule has 0 saturated carbocycles. The van der Waals surface area contributed by atoms with Crippen LogP contribution in [0.5, 0.6) is 5.75 Å². The van der Waals surface area contributed by atoms with E-state index in [-0.39, 0.29) is 43.5 Å². The van der Waals surface area contributed by atoms with Gasteiger partial charge in [-0.3, -0.25) is 9.10 Å². The van der Waals surface area contributed by atoms with Crippen molar-refractivity contribution in [2.45, 2.75) is 38.8 Å². The number of benzene rings is 2. The van der Waals surface area contributed by atoms with Gasteiger partial charge in [0.2, 0.25) is 15.9 Å². The molecule has 6 nitrogen and oxygen atoms in total. The van der Waals surface area contributed by atoms with E-state index in [1.54, 1.807) is 0 Å². The van der Waals surface area contributed by atoms with Crippen LogP contribution in [0.4, 0.5) is 18.9 Å². The van der Waals surface area contributed by atoms with Crippen molar-refractivity contribution in [3.8, 4) is 5.75 Å². The van der Waals surface area contributed by atoms with Crippen molar-refractivity contribution in [3.05, 3.63) is 58.6 Å². The Labute approximate surface area is 203 Å². The molecule has 0 atom stereocenters. The molecule has 0 radical (unpaired) electrons. The zero-order chi connectivity index (χ0) is 25.4. The van der Waals surface area contributed by atoms with Crippen molar-refractivity contribution in [2.24, 2.45) is 0 Å². The number of carbonyl (C=O) groups excluding carboxylic acids is 1. The molecule has 2 aromatic rings. The highest BCUT2D eigenvalue weighted by molar-refractivity contribution is 7.92. The third-order valence-electron chi connectivity index (χ3n) is 4.85. The monoisotopic (exact) mass is 520 g/mol. The van der Waals surface area contributed by atoms with E-state index in [0.717, 1.165) is 25.2 Å². The highest BCUT2D eigenvalue weighted by Gasteiger charge is 2.36. The van der Waals surface area contributed by atoms with E-state index in [4.69, 9.17) is 16.3 Å². The summed E-state index contributed by atoms with van der Waals surface area (Å²) < 4.78 is 70.8. The van der Waals surface area contributed by atoms with Crippen molar-refractivity contribution in [3.63, 3.8) is 0 Å². The van der Waals surface area contributed by atoms with Crippen molar-refractivity contribution in [1.29, 1.82) is 0 Å². The maximum atomic E-state index is 13.4. The second kappa shape index (κ2) is 12.3. The van der Waals surface area contributed by atoms with Crippen LogP contribution in [-0.2, 0) is 27.4 Å². The Kier molecular flexibility index (Phi) is 10.1. The molecule has 11 heteroatoms.